The quantitative estimate of drug-likeness (QED) is 0.0579. The molecule has 8 heterocycles. The summed E-state index contributed by atoms with van der Waals surface area (Å²) in [5.41, 5.74) is 9.53. The van der Waals surface area contributed by atoms with Crippen molar-refractivity contribution in [2.45, 2.75) is 83.5 Å². The van der Waals surface area contributed by atoms with Gasteiger partial charge < -0.3 is 52.6 Å². The molecule has 0 spiro atoms. The molecular weight excluding hydrogens is 1140 g/mol. The predicted molar refractivity (Wildman–Crippen MR) is 309 cm³/mol. The third kappa shape index (κ3) is 13.7. The number of aliphatic hydroxyl groups excluding tert-OH is 2. The number of fused-ring (bicyclic) bond motifs is 14. The molecule has 0 saturated heterocycles. The number of nitrogens with zero attached hydrogens (tertiary/aromatic N) is 7. The van der Waals surface area contributed by atoms with E-state index in [0.717, 1.165) is 4.88 Å². The number of rotatable bonds is 13. The molecule has 1 aliphatic rings. The number of nitrogens with two attached hydrogens (primary N) is 1. The maximum absolute atomic E-state index is 14.3. The highest BCUT2D eigenvalue weighted by atomic mass is 32.1. The first-order chi connectivity index (χ1) is 38.6. The second-order valence-electron chi connectivity index (χ2n) is 18.7. The van der Waals surface area contributed by atoms with E-state index in [1.54, 1.807) is 46.5 Å². The lowest BCUT2D eigenvalue weighted by Crippen LogP contribution is -2.40. The summed E-state index contributed by atoms with van der Waals surface area (Å²) in [5.74, 6) is -2.01. The Hall–Kier alpha value is -6.70. The minimum Gasteiger partial charge on any atom is -0.395 e. The number of nitrogens with one attached hydrogen (secondary N) is 6. The van der Waals surface area contributed by atoms with Gasteiger partial charge in [-0.25, -0.2) is 34.9 Å². The van der Waals surface area contributed by atoms with Crippen LogP contribution in [0.4, 0.5) is 5.82 Å². The summed E-state index contributed by atoms with van der Waals surface area (Å²) in [6.45, 7) is 5.66. The molecule has 418 valence electrons. The van der Waals surface area contributed by atoms with Crippen LogP contribution < -0.4 is 37.6 Å². The first-order valence-electron chi connectivity index (χ1n) is 25.1. The summed E-state index contributed by atoms with van der Waals surface area (Å²) in [5, 5.41) is 48.7. The summed E-state index contributed by atoms with van der Waals surface area (Å²) in [7, 11) is 3.04. The van der Waals surface area contributed by atoms with Gasteiger partial charge in [0.25, 0.3) is 11.8 Å². The number of methoxy groups -OCH3 is 1. The fourth-order valence-corrected chi connectivity index (χ4v) is 13.9. The minimum atomic E-state index is -1.24. The number of carbonyl (C=O) groups excluding carboxylic acids is 5. The van der Waals surface area contributed by atoms with E-state index in [0.29, 0.717) is 86.8 Å². The molecule has 9 rings (SSSR count). The third-order valence-electron chi connectivity index (χ3n) is 12.6. The Bertz CT molecular complexity index is 3500. The Morgan fingerprint density at radius 2 is 1.50 bits per heavy atom. The van der Waals surface area contributed by atoms with Gasteiger partial charge in [-0.3, -0.25) is 24.0 Å². The van der Waals surface area contributed by atoms with Crippen LogP contribution in [0.5, 0.6) is 0 Å². The van der Waals surface area contributed by atoms with Gasteiger partial charge in [-0.05, 0) is 37.0 Å². The lowest BCUT2D eigenvalue weighted by atomic mass is 10.0. The van der Waals surface area contributed by atoms with Crippen LogP contribution in [-0.4, -0.2) is 108 Å². The SMILES string of the molecule is CNC(=O)C[C@@H]1NC(=O)c2csc(n2)-c2ccc(-c3nc(NC(=O)CC[C@H](N)CO)cs3)nc2-c2csc(n2)-c2csc(n2)[C@H]([C@@H](O)c2ccccc2)NC(=O)CNC(=O)c2nc(sc2COC)[C@H](C(C)C)NCc2nc1sc2C. The van der Waals surface area contributed by atoms with Crippen LogP contribution in [0.3, 0.4) is 0 Å². The molecule has 1 aliphatic heterocycles. The van der Waals surface area contributed by atoms with E-state index < -0.39 is 48.5 Å². The minimum absolute atomic E-state index is 0.00655. The van der Waals surface area contributed by atoms with Crippen LogP contribution in [0.1, 0.15) is 114 Å². The highest BCUT2D eigenvalue weighted by Crippen LogP contribution is 2.40. The van der Waals surface area contributed by atoms with Gasteiger partial charge >= 0.3 is 0 Å². The Morgan fingerprint density at radius 1 is 0.762 bits per heavy atom. The van der Waals surface area contributed by atoms with Gasteiger partial charge in [0, 0.05) is 65.1 Å². The van der Waals surface area contributed by atoms with Gasteiger partial charge in [0.2, 0.25) is 17.7 Å². The van der Waals surface area contributed by atoms with Crippen LogP contribution in [0.25, 0.3) is 43.4 Å². The number of ether oxygens (including phenoxy) is 1. The van der Waals surface area contributed by atoms with E-state index in [-0.39, 0.29) is 67.8 Å². The molecular formula is C52H56N14O8S6. The number of pyridine rings is 1. The zero-order valence-electron chi connectivity index (χ0n) is 43.8. The fraction of sp³-hybridized carbons (Fsp3) is 0.346. The van der Waals surface area contributed by atoms with Crippen molar-refractivity contribution in [1.82, 2.24) is 61.5 Å². The Labute approximate surface area is 483 Å². The average Bonchev–Trinajstić information content (AvgIpc) is 4.37. The molecule has 0 fully saturated rings. The van der Waals surface area contributed by atoms with Gasteiger partial charge in [0.1, 0.15) is 76.5 Å². The first kappa shape index (κ1) is 58.0. The average molecular weight is 1200 g/mol. The van der Waals surface area contributed by atoms with Crippen molar-refractivity contribution in [3.63, 3.8) is 0 Å². The van der Waals surface area contributed by atoms with E-state index in [1.807, 2.05) is 38.3 Å². The van der Waals surface area contributed by atoms with Crippen molar-refractivity contribution in [3.8, 4) is 43.4 Å². The summed E-state index contributed by atoms with van der Waals surface area (Å²) in [6, 6.07) is 9.70. The number of aryl methyl sites for hydroxylation is 1. The monoisotopic (exact) mass is 1200 g/mol. The molecule has 5 amide bonds. The van der Waals surface area contributed by atoms with Gasteiger partial charge in [-0.1, -0.05) is 44.2 Å². The number of aromatic nitrogens is 7. The molecule has 0 radical (unpaired) electrons. The maximum Gasteiger partial charge on any atom is 0.271 e. The van der Waals surface area contributed by atoms with Gasteiger partial charge in [0.05, 0.1) is 54.5 Å². The summed E-state index contributed by atoms with van der Waals surface area (Å²) >= 11 is 7.66. The summed E-state index contributed by atoms with van der Waals surface area (Å²) in [6.07, 6.45) is -0.953. The smallest absolute Gasteiger partial charge is 0.271 e. The fourth-order valence-electron chi connectivity index (χ4n) is 8.33. The second kappa shape index (κ2) is 26.3. The lowest BCUT2D eigenvalue weighted by molar-refractivity contribution is -0.122. The third-order valence-corrected chi connectivity index (χ3v) is 18.3. The molecule has 0 aliphatic carbocycles. The van der Waals surface area contributed by atoms with Crippen LogP contribution in [0.15, 0.2) is 64.0 Å². The molecule has 8 aromatic rings. The van der Waals surface area contributed by atoms with E-state index in [2.05, 4.69) is 36.9 Å². The molecule has 5 atom stereocenters. The van der Waals surface area contributed by atoms with Gasteiger partial charge in [-0.15, -0.1) is 68.0 Å². The highest BCUT2D eigenvalue weighted by molar-refractivity contribution is 7.15. The van der Waals surface area contributed by atoms with Crippen molar-refractivity contribution < 1.29 is 38.9 Å². The number of hydrogen-bond donors (Lipinski definition) is 9. The van der Waals surface area contributed by atoms with Crippen molar-refractivity contribution in [2.24, 2.45) is 11.7 Å². The Morgan fingerprint density at radius 3 is 2.26 bits per heavy atom. The van der Waals surface area contributed by atoms with Gasteiger partial charge in [0.15, 0.2) is 0 Å². The van der Waals surface area contributed by atoms with Crippen LogP contribution in [0.2, 0.25) is 0 Å². The predicted octanol–water partition coefficient (Wildman–Crippen LogP) is 6.71. The molecule has 1 aromatic carbocycles. The number of anilines is 1. The number of carbonyl (C=O) groups is 5. The van der Waals surface area contributed by atoms with E-state index in [4.69, 9.17) is 40.4 Å². The molecule has 10 bridgehead atoms. The van der Waals surface area contributed by atoms with Crippen LogP contribution in [0, 0.1) is 12.8 Å². The van der Waals surface area contributed by atoms with E-state index in [1.165, 1.54) is 82.2 Å². The topological polar surface area (TPSA) is 323 Å². The summed E-state index contributed by atoms with van der Waals surface area (Å²) < 4.78 is 5.49. The maximum atomic E-state index is 14.3. The number of benzene rings is 1. The zero-order valence-corrected chi connectivity index (χ0v) is 48.7. The lowest BCUT2D eigenvalue weighted by Gasteiger charge is -2.23. The molecule has 28 heteroatoms. The number of aliphatic hydroxyl groups is 2. The van der Waals surface area contributed by atoms with E-state index in [9.17, 15) is 34.2 Å². The molecule has 22 nitrogen and oxygen atoms in total. The van der Waals surface area contributed by atoms with Crippen LogP contribution in [-0.2, 0) is 32.3 Å². The number of hydrogen-bond acceptors (Lipinski definition) is 23. The number of thiazole rings is 6. The van der Waals surface area contributed by atoms with E-state index >= 15 is 0 Å². The molecule has 80 heavy (non-hydrogen) atoms. The molecule has 0 saturated carbocycles. The summed E-state index contributed by atoms with van der Waals surface area (Å²) in [4.78, 5) is 104. The largest absolute Gasteiger partial charge is 0.395 e. The zero-order chi connectivity index (χ0) is 56.6. The molecule has 7 aromatic heterocycles. The highest BCUT2D eigenvalue weighted by Gasteiger charge is 2.31. The van der Waals surface area contributed by atoms with Crippen molar-refractivity contribution >= 4 is 103 Å². The second-order valence-corrected chi connectivity index (χ2v) is 24.5. The van der Waals surface area contributed by atoms with Crippen molar-refractivity contribution in [1.29, 1.82) is 0 Å². The van der Waals surface area contributed by atoms with Gasteiger partial charge in [-0.2, -0.15) is 0 Å². The Balaban J connectivity index is 1.11. The normalized spacial score (nSPS) is 17.0. The van der Waals surface area contributed by atoms with Crippen molar-refractivity contribution in [3.05, 3.63) is 111 Å². The Kier molecular flexibility index (Phi) is 19.0. The molecule has 0 unspecified atom stereocenters. The standard InChI is InChI=1S/C52H56N14O8S6/c1-24(2)40-52-66-42(35(80-52)19-74-5)46(73)56-17-39(70)65-43(44(71)26-9-7-6-8-10-26)51-62-34(22-77-51)49-60-32(20-76-49)41-28(12-13-29(57-41)48-64-36(23-78-48)63-37(68)14-11-27(53)18-67)47-61-33(21-75-47)45(72)58-30(15-38(69)54-4)50-59-31(16-55-40)25(3)79-50/h6-10,12-13,20-24,27,30,40,43-44,55,67,71H,11,14-19,53H2,1-5H3,(H,54,69)(H,56,73)(H,58,72)(H,63,68)(H,65,70)/t27-,30-,40-,43-,44-/m0/s1. The number of amides is 5. The van der Waals surface area contributed by atoms with Crippen molar-refractivity contribution in [2.75, 3.05) is 32.6 Å². The first-order valence-corrected chi connectivity index (χ1v) is 30.3. The van der Waals surface area contributed by atoms with Crippen LogP contribution >= 0.6 is 68.0 Å². The molecule has 10 N–H and O–H groups in total.